The zero-order valence-electron chi connectivity index (χ0n) is 40.8. The maximum Gasteiger partial charge on any atom is 0.416 e. The van der Waals surface area contributed by atoms with Crippen LogP contribution in [0, 0.1) is 5.82 Å². The van der Waals surface area contributed by atoms with E-state index >= 15 is 0 Å². The van der Waals surface area contributed by atoms with Crippen LogP contribution < -0.4 is 5.32 Å². The lowest BCUT2D eigenvalue weighted by Gasteiger charge is -2.44. The average molecular weight is 1010 g/mol. The summed E-state index contributed by atoms with van der Waals surface area (Å²) in [4.78, 5) is 62.9. The van der Waals surface area contributed by atoms with Crippen LogP contribution in [0.15, 0.2) is 85.1 Å². The number of pyridine rings is 1. The molecule has 388 valence electrons. The number of carbonyl (C=O) groups is 4. The second-order valence-corrected chi connectivity index (χ2v) is 19.8. The predicted octanol–water partition coefficient (Wildman–Crippen LogP) is 8.59. The van der Waals surface area contributed by atoms with Crippen LogP contribution in [-0.2, 0) is 55.3 Å². The van der Waals surface area contributed by atoms with Crippen LogP contribution in [0.2, 0.25) is 0 Å². The number of benzene rings is 3. The topological polar surface area (TPSA) is 134 Å². The van der Waals surface area contributed by atoms with Crippen molar-refractivity contribution in [3.05, 3.63) is 136 Å². The standard InChI is InChI=1S/C52H59F7N6O7/c1-48(2,3)72-47(69)61-30-34-11-16-42(60-29-34)46(68)63(5)21-8-20-62(4)44(66)31-70-43-27-35-9-6-7-10-41(35)49(43)17-22-64(23-18-49)24-19-50(37-12-14-40(53)15-13-37)32-65(33-71-50)45(67)36-25-38(51(54,55)56)28-39(26-36)52(57,58)59/h6-7,9-16,25-26,28-29,43H,8,17-24,27,30-33H2,1-5H3,(H,61,69)/t43-,50-/m0/s1. The Hall–Kier alpha value is -6.12. The monoisotopic (exact) mass is 1010 g/mol. The lowest BCUT2D eigenvalue weighted by Crippen LogP contribution is -2.50. The summed E-state index contributed by atoms with van der Waals surface area (Å²) in [6.45, 7) is 7.05. The van der Waals surface area contributed by atoms with Gasteiger partial charge in [0.1, 0.15) is 36.1 Å². The number of aromatic nitrogens is 1. The molecule has 0 saturated carbocycles. The van der Waals surface area contributed by atoms with Crippen molar-refractivity contribution in [2.24, 2.45) is 0 Å². The summed E-state index contributed by atoms with van der Waals surface area (Å²) in [7, 11) is 3.35. The quantitative estimate of drug-likeness (QED) is 0.116. The van der Waals surface area contributed by atoms with Crippen molar-refractivity contribution in [1.82, 2.24) is 29.9 Å². The fourth-order valence-electron chi connectivity index (χ4n) is 9.69. The fraction of sp³-hybridized carbons (Fsp3) is 0.481. The minimum absolute atomic E-state index is 0.0330. The Kier molecular flexibility index (Phi) is 16.1. The smallest absolute Gasteiger partial charge is 0.416 e. The Bertz CT molecular complexity index is 2550. The van der Waals surface area contributed by atoms with Gasteiger partial charge in [-0.25, -0.2) is 9.18 Å². The lowest BCUT2D eigenvalue weighted by atomic mass is 9.72. The molecule has 0 radical (unpaired) electrons. The molecule has 13 nitrogen and oxygen atoms in total. The number of likely N-dealkylation sites (N-methyl/N-ethyl adjacent to an activating group) is 1. The highest BCUT2D eigenvalue weighted by Crippen LogP contribution is 2.48. The third-order valence-electron chi connectivity index (χ3n) is 13.6. The van der Waals surface area contributed by atoms with Gasteiger partial charge >= 0.3 is 18.4 Å². The normalized spacial score (nSPS) is 19.0. The number of ether oxygens (including phenoxy) is 3. The number of hydrogen-bond donors (Lipinski definition) is 1. The van der Waals surface area contributed by atoms with E-state index in [1.807, 2.05) is 12.1 Å². The van der Waals surface area contributed by atoms with E-state index in [1.165, 1.54) is 35.4 Å². The van der Waals surface area contributed by atoms with E-state index in [-0.39, 0.29) is 55.8 Å². The molecule has 72 heavy (non-hydrogen) atoms. The minimum Gasteiger partial charge on any atom is -0.444 e. The molecule has 20 heteroatoms. The summed E-state index contributed by atoms with van der Waals surface area (Å²) < 4.78 is 114. The highest BCUT2D eigenvalue weighted by Gasteiger charge is 2.50. The number of hydrogen-bond acceptors (Lipinski definition) is 9. The number of halogens is 7. The van der Waals surface area contributed by atoms with Gasteiger partial charge in [-0.15, -0.1) is 0 Å². The SMILES string of the molecule is CN(CCCN(C)C(=O)c1ccc(CNC(=O)OC(C)(C)C)cn1)C(=O)CO[C@H]1Cc2ccccc2C12CCN(CC[C@@]1(c3ccc(F)cc3)CN(C(=O)c3cc(C(F)(F)F)cc(C(F)(F)F)c3)CO1)CC2. The summed E-state index contributed by atoms with van der Waals surface area (Å²) in [6, 6.07) is 17.6. The van der Waals surface area contributed by atoms with Crippen LogP contribution in [0.25, 0.3) is 0 Å². The second-order valence-electron chi connectivity index (χ2n) is 19.8. The highest BCUT2D eigenvalue weighted by molar-refractivity contribution is 5.95. The van der Waals surface area contributed by atoms with Crippen molar-refractivity contribution in [2.75, 3.05) is 66.7 Å². The molecule has 2 fully saturated rings. The van der Waals surface area contributed by atoms with E-state index in [2.05, 4.69) is 27.3 Å². The van der Waals surface area contributed by atoms with Gasteiger partial charge in [-0.05, 0) is 125 Å². The number of likely N-dealkylation sites (tertiary alicyclic amines) is 1. The number of carbonyl (C=O) groups excluding carboxylic acids is 4. The molecule has 2 saturated heterocycles. The first kappa shape index (κ1) is 53.7. The second kappa shape index (κ2) is 21.5. The van der Waals surface area contributed by atoms with Crippen molar-refractivity contribution in [3.63, 3.8) is 0 Å². The van der Waals surface area contributed by atoms with E-state index in [9.17, 15) is 49.9 Å². The van der Waals surface area contributed by atoms with Gasteiger partial charge in [-0.3, -0.25) is 19.4 Å². The third kappa shape index (κ3) is 12.7. The molecule has 1 aromatic heterocycles. The van der Waals surface area contributed by atoms with Crippen LogP contribution in [-0.4, -0.2) is 127 Å². The van der Waals surface area contributed by atoms with Crippen molar-refractivity contribution in [1.29, 1.82) is 0 Å². The highest BCUT2D eigenvalue weighted by atomic mass is 19.4. The summed E-state index contributed by atoms with van der Waals surface area (Å²) in [6.07, 6.45) is -6.93. The summed E-state index contributed by atoms with van der Waals surface area (Å²) in [5.41, 5.74) is -2.59. The van der Waals surface area contributed by atoms with Crippen molar-refractivity contribution in [2.45, 2.75) is 94.5 Å². The van der Waals surface area contributed by atoms with Crippen molar-refractivity contribution < 1.29 is 64.1 Å². The maximum absolute atomic E-state index is 14.2. The molecule has 2 atom stereocenters. The number of rotatable bonds is 15. The number of alkyl halides is 6. The Balaban J connectivity index is 0.930. The molecule has 2 aliphatic heterocycles. The Morgan fingerprint density at radius 1 is 0.861 bits per heavy atom. The van der Waals surface area contributed by atoms with Gasteiger partial charge in [0.2, 0.25) is 5.91 Å². The van der Waals surface area contributed by atoms with E-state index < -0.39 is 70.2 Å². The van der Waals surface area contributed by atoms with Crippen LogP contribution in [0.3, 0.4) is 0 Å². The summed E-state index contributed by atoms with van der Waals surface area (Å²) in [5.74, 6) is -2.11. The summed E-state index contributed by atoms with van der Waals surface area (Å²) >= 11 is 0. The van der Waals surface area contributed by atoms with Gasteiger partial charge in [0.05, 0.1) is 23.8 Å². The molecule has 0 unspecified atom stereocenters. The Labute approximate surface area is 413 Å². The first-order chi connectivity index (χ1) is 33.9. The number of piperidine rings is 1. The largest absolute Gasteiger partial charge is 0.444 e. The number of alkyl carbamates (subject to hydrolysis) is 1. The van der Waals surface area contributed by atoms with Crippen molar-refractivity contribution >= 4 is 23.8 Å². The minimum atomic E-state index is -5.14. The zero-order chi connectivity index (χ0) is 52.2. The molecule has 4 aromatic rings. The molecule has 3 aromatic carbocycles. The molecule has 1 N–H and O–H groups in total. The molecule has 0 bridgehead atoms. The molecular formula is C52H59F7N6O7. The molecule has 3 heterocycles. The maximum atomic E-state index is 14.2. The molecule has 4 amide bonds. The molecule has 7 rings (SSSR count). The number of amides is 4. The first-order valence-corrected chi connectivity index (χ1v) is 23.7. The lowest BCUT2D eigenvalue weighted by molar-refractivity contribution is -0.143. The van der Waals surface area contributed by atoms with Gasteiger partial charge in [-0.1, -0.05) is 42.5 Å². The number of nitrogens with zero attached hydrogens (tertiary/aromatic N) is 5. The zero-order valence-corrected chi connectivity index (χ0v) is 40.8. The van der Waals surface area contributed by atoms with Gasteiger partial charge < -0.3 is 39.1 Å². The van der Waals surface area contributed by atoms with Crippen LogP contribution in [0.4, 0.5) is 35.5 Å². The molecule has 1 aliphatic carbocycles. The van der Waals surface area contributed by atoms with E-state index in [4.69, 9.17) is 14.2 Å². The van der Waals surface area contributed by atoms with Gasteiger partial charge in [0.25, 0.3) is 11.8 Å². The number of fused-ring (bicyclic) bond motifs is 2. The fourth-order valence-corrected chi connectivity index (χ4v) is 9.69. The van der Waals surface area contributed by atoms with E-state index in [0.717, 1.165) is 16.0 Å². The molecule has 1 spiro atoms. The van der Waals surface area contributed by atoms with E-state index in [1.54, 1.807) is 51.9 Å². The molecular weight excluding hydrogens is 954 g/mol. The van der Waals surface area contributed by atoms with Gasteiger partial charge in [0, 0.05) is 57.4 Å². The third-order valence-corrected chi connectivity index (χ3v) is 13.6. The van der Waals surface area contributed by atoms with Crippen LogP contribution >= 0.6 is 0 Å². The summed E-state index contributed by atoms with van der Waals surface area (Å²) in [5, 5.41) is 2.66. The van der Waals surface area contributed by atoms with Crippen LogP contribution in [0.1, 0.15) is 101 Å². The van der Waals surface area contributed by atoms with E-state index in [0.29, 0.717) is 81.7 Å². The van der Waals surface area contributed by atoms with Gasteiger partial charge in [-0.2, -0.15) is 26.3 Å². The van der Waals surface area contributed by atoms with Crippen LogP contribution in [0.5, 0.6) is 0 Å². The average Bonchev–Trinajstić information content (AvgIpc) is 3.90. The predicted molar refractivity (Wildman–Crippen MR) is 250 cm³/mol. The van der Waals surface area contributed by atoms with Crippen molar-refractivity contribution in [3.8, 4) is 0 Å². The van der Waals surface area contributed by atoms with Gasteiger partial charge in [0.15, 0.2) is 0 Å². The molecule has 3 aliphatic rings. The Morgan fingerprint density at radius 2 is 1.51 bits per heavy atom. The number of nitrogens with one attached hydrogen (secondary N) is 1. The first-order valence-electron chi connectivity index (χ1n) is 23.7. The Morgan fingerprint density at radius 3 is 2.14 bits per heavy atom.